The van der Waals surface area contributed by atoms with Gasteiger partial charge in [0.25, 0.3) is 5.91 Å². The molecule has 3 aliphatic carbocycles. The van der Waals surface area contributed by atoms with Crippen LogP contribution in [0.15, 0.2) is 47.8 Å². The first-order chi connectivity index (χ1) is 16.6. The van der Waals surface area contributed by atoms with Crippen molar-refractivity contribution in [2.24, 2.45) is 11.3 Å². The summed E-state index contributed by atoms with van der Waals surface area (Å²) < 4.78 is 7.13. The zero-order chi connectivity index (χ0) is 24.8. The Morgan fingerprint density at radius 3 is 2.77 bits per heavy atom. The molecule has 2 bridgehead atoms. The fraction of sp³-hybridized carbons (Fsp3) is 0.630. The van der Waals surface area contributed by atoms with Gasteiger partial charge in [0.2, 0.25) is 0 Å². The van der Waals surface area contributed by atoms with Gasteiger partial charge in [-0.3, -0.25) is 9.78 Å². The molecule has 7 nitrogen and oxygen atoms in total. The van der Waals surface area contributed by atoms with Gasteiger partial charge < -0.3 is 25.2 Å². The summed E-state index contributed by atoms with van der Waals surface area (Å²) in [5.74, 6) is -0.0417. The molecule has 5 aliphatic rings. The van der Waals surface area contributed by atoms with Crippen molar-refractivity contribution in [3.63, 3.8) is 0 Å². The van der Waals surface area contributed by atoms with Gasteiger partial charge >= 0.3 is 0 Å². The standard InChI is InChI=1S/C27H34ClN3O4/c1-24-8-10-26(28)13-18-21(32)22(33)19(31(2)3)14-25(18)9-11-27(26,35-25)20(24)7-6-17(24)23(34)30-16-5-4-12-29-15-16/h4-6,12-13,15,19-22,32-33H,7-11,14H2,1-3H3,(H,30,34)/t19-,20?,21+,22+,24+,25+,26?,27-/m0/s1. The number of likely N-dealkylation sites (N-methyl/N-ethyl adjacent to an activating group) is 1. The Hall–Kier alpha value is -1.77. The van der Waals surface area contributed by atoms with Crippen LogP contribution in [0, 0.1) is 11.3 Å². The number of anilines is 1. The topological polar surface area (TPSA) is 94.9 Å². The molecule has 2 spiro atoms. The number of ether oxygens (including phenoxy) is 1. The van der Waals surface area contributed by atoms with Gasteiger partial charge in [0.15, 0.2) is 0 Å². The van der Waals surface area contributed by atoms with Crippen LogP contribution >= 0.6 is 11.6 Å². The highest BCUT2D eigenvalue weighted by Crippen LogP contribution is 2.70. The maximum Gasteiger partial charge on any atom is 0.251 e. The third-order valence-electron chi connectivity index (χ3n) is 9.81. The van der Waals surface area contributed by atoms with E-state index in [4.69, 9.17) is 16.3 Å². The van der Waals surface area contributed by atoms with Crippen molar-refractivity contribution in [2.75, 3.05) is 19.4 Å². The lowest BCUT2D eigenvalue weighted by atomic mass is 9.54. The normalized spacial score (nSPS) is 45.8. The molecule has 2 saturated carbocycles. The number of allylic oxidation sites excluding steroid dienone is 1. The number of halogens is 1. The fourth-order valence-electron chi connectivity index (χ4n) is 7.97. The zero-order valence-electron chi connectivity index (χ0n) is 20.5. The molecule has 1 aromatic rings. The first kappa shape index (κ1) is 23.6. The van der Waals surface area contributed by atoms with E-state index in [1.165, 1.54) is 0 Å². The quantitative estimate of drug-likeness (QED) is 0.437. The van der Waals surface area contributed by atoms with Crippen LogP contribution in [-0.2, 0) is 9.53 Å². The van der Waals surface area contributed by atoms with Crippen molar-refractivity contribution >= 4 is 23.2 Å². The number of fused-ring (bicyclic) bond motifs is 1. The maximum atomic E-state index is 13.4. The van der Waals surface area contributed by atoms with E-state index in [0.717, 1.165) is 36.8 Å². The summed E-state index contributed by atoms with van der Waals surface area (Å²) in [5, 5.41) is 25.0. The molecule has 3 fully saturated rings. The minimum absolute atomic E-state index is 0.0508. The molecule has 6 rings (SSSR count). The van der Waals surface area contributed by atoms with E-state index in [2.05, 4.69) is 23.3 Å². The largest absolute Gasteiger partial charge is 0.388 e. The van der Waals surface area contributed by atoms with Gasteiger partial charge in [-0.15, -0.1) is 11.6 Å². The third kappa shape index (κ3) is 3.05. The highest BCUT2D eigenvalue weighted by Gasteiger charge is 2.74. The predicted octanol–water partition coefficient (Wildman–Crippen LogP) is 3.03. The summed E-state index contributed by atoms with van der Waals surface area (Å²) in [4.78, 5) is 18.7. The maximum absolute atomic E-state index is 13.4. The Morgan fingerprint density at radius 1 is 1.26 bits per heavy atom. The van der Waals surface area contributed by atoms with Gasteiger partial charge in [-0.1, -0.05) is 19.1 Å². The van der Waals surface area contributed by atoms with Crippen molar-refractivity contribution in [2.45, 2.75) is 79.8 Å². The smallest absolute Gasteiger partial charge is 0.251 e. The van der Waals surface area contributed by atoms with Crippen LogP contribution < -0.4 is 5.32 Å². The molecule has 1 saturated heterocycles. The molecule has 1 amide bonds. The van der Waals surface area contributed by atoms with E-state index < -0.39 is 28.3 Å². The van der Waals surface area contributed by atoms with Crippen molar-refractivity contribution in [1.29, 1.82) is 0 Å². The molecule has 2 aliphatic heterocycles. The van der Waals surface area contributed by atoms with Gasteiger partial charge in [0.05, 0.1) is 34.1 Å². The molecule has 8 atom stereocenters. The summed E-state index contributed by atoms with van der Waals surface area (Å²) in [7, 11) is 3.86. The second kappa shape index (κ2) is 7.62. The number of pyridine rings is 1. The number of hydrogen-bond acceptors (Lipinski definition) is 6. The minimum Gasteiger partial charge on any atom is -0.388 e. The number of carbonyl (C=O) groups excluding carboxylic acids is 1. The number of aliphatic hydroxyl groups is 2. The molecular weight excluding hydrogens is 466 g/mol. The number of nitrogens with zero attached hydrogens (tertiary/aromatic N) is 2. The van der Waals surface area contributed by atoms with Crippen LogP contribution in [0.25, 0.3) is 0 Å². The van der Waals surface area contributed by atoms with E-state index in [1.54, 1.807) is 18.5 Å². The lowest BCUT2D eigenvalue weighted by Gasteiger charge is -2.61. The summed E-state index contributed by atoms with van der Waals surface area (Å²) in [6.07, 6.45) is 9.80. The fourth-order valence-corrected chi connectivity index (χ4v) is 8.45. The number of amides is 1. The molecular formula is C27H34ClN3O4. The summed E-state index contributed by atoms with van der Waals surface area (Å²) in [5.41, 5.74) is 0.591. The molecule has 8 heteroatoms. The van der Waals surface area contributed by atoms with Gasteiger partial charge in [0.1, 0.15) is 6.10 Å². The van der Waals surface area contributed by atoms with Crippen molar-refractivity contribution in [3.8, 4) is 0 Å². The molecule has 0 radical (unpaired) electrons. The molecule has 3 heterocycles. The Balaban J connectivity index is 1.35. The van der Waals surface area contributed by atoms with E-state index in [-0.39, 0.29) is 23.3 Å². The van der Waals surface area contributed by atoms with E-state index in [0.29, 0.717) is 18.5 Å². The van der Waals surface area contributed by atoms with E-state index in [1.807, 2.05) is 31.1 Å². The number of nitrogens with one attached hydrogen (secondary N) is 1. The number of aromatic nitrogens is 1. The summed E-state index contributed by atoms with van der Waals surface area (Å²) in [6.45, 7) is 2.18. The van der Waals surface area contributed by atoms with Crippen LogP contribution in [0.5, 0.6) is 0 Å². The molecule has 1 aromatic heterocycles. The second-order valence-electron chi connectivity index (χ2n) is 11.6. The summed E-state index contributed by atoms with van der Waals surface area (Å²) >= 11 is 7.44. The number of rotatable bonds is 3. The average molecular weight is 500 g/mol. The molecule has 0 aromatic carbocycles. The third-order valence-corrected chi connectivity index (χ3v) is 10.4. The highest BCUT2D eigenvalue weighted by atomic mass is 35.5. The Morgan fingerprint density at radius 2 is 2.06 bits per heavy atom. The number of aliphatic hydroxyl groups excluding tert-OH is 2. The number of alkyl halides is 1. The van der Waals surface area contributed by atoms with Crippen molar-refractivity contribution in [1.82, 2.24) is 9.88 Å². The van der Waals surface area contributed by atoms with Crippen LogP contribution in [0.1, 0.15) is 45.4 Å². The van der Waals surface area contributed by atoms with E-state index >= 15 is 0 Å². The predicted molar refractivity (Wildman–Crippen MR) is 133 cm³/mol. The van der Waals surface area contributed by atoms with Gasteiger partial charge in [-0.25, -0.2) is 0 Å². The lowest BCUT2D eigenvalue weighted by molar-refractivity contribution is -0.201. The Bertz CT molecular complexity index is 1120. The highest BCUT2D eigenvalue weighted by molar-refractivity contribution is 6.26. The van der Waals surface area contributed by atoms with Crippen molar-refractivity contribution < 1.29 is 19.7 Å². The molecule has 188 valence electrons. The van der Waals surface area contributed by atoms with Crippen LogP contribution in [-0.4, -0.2) is 74.4 Å². The monoisotopic (exact) mass is 499 g/mol. The lowest BCUT2D eigenvalue weighted by Crippen LogP contribution is -2.68. The average Bonchev–Trinajstić information content (AvgIpc) is 3.36. The van der Waals surface area contributed by atoms with Gasteiger partial charge in [0, 0.05) is 29.1 Å². The van der Waals surface area contributed by atoms with Gasteiger partial charge in [-0.05, 0) is 70.3 Å². The molecule has 3 N–H and O–H groups in total. The number of hydrogen-bond donors (Lipinski definition) is 3. The summed E-state index contributed by atoms with van der Waals surface area (Å²) in [6, 6.07) is 3.43. The molecule has 2 unspecified atom stereocenters. The van der Waals surface area contributed by atoms with Gasteiger partial charge in [-0.2, -0.15) is 0 Å². The molecule has 35 heavy (non-hydrogen) atoms. The number of carbonyl (C=O) groups is 1. The Labute approximate surface area is 211 Å². The minimum atomic E-state index is -1.00. The Kier molecular flexibility index (Phi) is 5.14. The zero-order valence-corrected chi connectivity index (χ0v) is 21.3. The van der Waals surface area contributed by atoms with Crippen LogP contribution in [0.4, 0.5) is 5.69 Å². The SMILES string of the molecule is CN(C)[C@H]1C[C@@]23CC[C@]4(O2)C2CC=C(C(=O)Nc5cccnc5)[C@@]2(C)CCC4(Cl)C=C3[C@@H](O)[C@@H]1O. The first-order valence-corrected chi connectivity index (χ1v) is 13.0. The first-order valence-electron chi connectivity index (χ1n) is 12.6. The van der Waals surface area contributed by atoms with Crippen LogP contribution in [0.3, 0.4) is 0 Å². The van der Waals surface area contributed by atoms with Crippen molar-refractivity contribution in [3.05, 3.63) is 47.8 Å². The van der Waals surface area contributed by atoms with E-state index in [9.17, 15) is 15.0 Å². The second-order valence-corrected chi connectivity index (χ2v) is 12.3. The van der Waals surface area contributed by atoms with Crippen LogP contribution in [0.2, 0.25) is 0 Å².